The minimum Gasteiger partial charge on any atom is -0.492 e. The molecule has 0 aromatic heterocycles. The van der Waals surface area contributed by atoms with Gasteiger partial charge >= 0.3 is 0 Å². The summed E-state index contributed by atoms with van der Waals surface area (Å²) in [4.78, 5) is 35.1. The van der Waals surface area contributed by atoms with Crippen molar-refractivity contribution >= 4 is 50.8 Å². The predicted molar refractivity (Wildman–Crippen MR) is 134 cm³/mol. The van der Waals surface area contributed by atoms with E-state index in [0.29, 0.717) is 22.4 Å². The molecular formula is C23H19BrN4O5S. The number of nitrogens with one attached hydrogen (secondary N) is 3. The number of rotatable bonds is 7. The standard InChI is InChI=1S/C23H19BrN4O5S/c24-18-14-16(10-11-20(18)33-13-12-15-6-2-1-3-7-15)21(29)25-23(34)27-26-22(30)17-8-4-5-9-19(17)28(31)32/h1-11,14H,12-13H2,(H,26,30)(H2,25,27,29,34). The smallest absolute Gasteiger partial charge is 0.282 e. The number of carbonyl (C=O) groups is 2. The molecule has 3 aromatic carbocycles. The van der Waals surface area contributed by atoms with Crippen LogP contribution in [0.25, 0.3) is 0 Å². The van der Waals surface area contributed by atoms with Crippen LogP contribution >= 0.6 is 28.1 Å². The summed E-state index contributed by atoms with van der Waals surface area (Å²) in [6, 6.07) is 20.2. The monoisotopic (exact) mass is 542 g/mol. The summed E-state index contributed by atoms with van der Waals surface area (Å²) in [5.74, 6) is -0.706. The summed E-state index contributed by atoms with van der Waals surface area (Å²) in [5, 5.41) is 13.3. The molecule has 2 amide bonds. The minimum atomic E-state index is -0.774. The van der Waals surface area contributed by atoms with E-state index in [4.69, 9.17) is 17.0 Å². The maximum Gasteiger partial charge on any atom is 0.282 e. The Morgan fingerprint density at radius 1 is 0.971 bits per heavy atom. The van der Waals surface area contributed by atoms with Gasteiger partial charge in [0.15, 0.2) is 5.11 Å². The molecule has 3 N–H and O–H groups in total. The number of hydrazine groups is 1. The molecule has 0 atom stereocenters. The highest BCUT2D eigenvalue weighted by molar-refractivity contribution is 9.10. The first-order valence-corrected chi connectivity index (χ1v) is 11.2. The summed E-state index contributed by atoms with van der Waals surface area (Å²) in [5.41, 5.74) is 5.54. The van der Waals surface area contributed by atoms with E-state index < -0.39 is 16.7 Å². The molecule has 3 rings (SSSR count). The Morgan fingerprint density at radius 2 is 1.68 bits per heavy atom. The molecule has 0 radical (unpaired) electrons. The van der Waals surface area contributed by atoms with E-state index in [1.54, 1.807) is 18.2 Å². The van der Waals surface area contributed by atoms with Crippen LogP contribution in [0, 0.1) is 10.1 Å². The number of ether oxygens (including phenoxy) is 1. The normalized spacial score (nSPS) is 10.1. The molecule has 11 heteroatoms. The Labute approximate surface area is 208 Å². The Bertz CT molecular complexity index is 1220. The minimum absolute atomic E-state index is 0.152. The van der Waals surface area contributed by atoms with Gasteiger partial charge in [0.25, 0.3) is 17.5 Å². The number of thiocarbonyl (C=S) groups is 1. The summed E-state index contributed by atoms with van der Waals surface area (Å²) < 4.78 is 6.37. The van der Waals surface area contributed by atoms with Crippen LogP contribution in [0.5, 0.6) is 5.75 Å². The van der Waals surface area contributed by atoms with Crippen molar-refractivity contribution in [3.05, 3.63) is 104 Å². The fraction of sp³-hybridized carbons (Fsp3) is 0.0870. The third kappa shape index (κ3) is 6.83. The first kappa shape index (κ1) is 24.8. The molecule has 0 aliphatic heterocycles. The lowest BCUT2D eigenvalue weighted by atomic mass is 10.2. The first-order chi connectivity index (χ1) is 16.3. The van der Waals surface area contributed by atoms with Crippen molar-refractivity contribution in [1.29, 1.82) is 0 Å². The third-order valence-electron chi connectivity index (χ3n) is 4.55. The molecule has 3 aromatic rings. The molecular weight excluding hydrogens is 524 g/mol. The van der Waals surface area contributed by atoms with Crippen LogP contribution in [0.15, 0.2) is 77.3 Å². The molecule has 0 unspecified atom stereocenters. The number of halogens is 1. The number of hydrogen-bond donors (Lipinski definition) is 3. The predicted octanol–water partition coefficient (Wildman–Crippen LogP) is 3.93. The average Bonchev–Trinajstić information content (AvgIpc) is 2.84. The van der Waals surface area contributed by atoms with Gasteiger partial charge in [0.2, 0.25) is 0 Å². The molecule has 9 nitrogen and oxygen atoms in total. The molecule has 0 aliphatic carbocycles. The van der Waals surface area contributed by atoms with Gasteiger partial charge in [-0.25, -0.2) is 0 Å². The van der Waals surface area contributed by atoms with E-state index >= 15 is 0 Å². The zero-order chi connectivity index (χ0) is 24.5. The Balaban J connectivity index is 1.51. The van der Waals surface area contributed by atoms with Gasteiger partial charge in [-0.05, 0) is 58.0 Å². The van der Waals surface area contributed by atoms with Crippen molar-refractivity contribution in [2.75, 3.05) is 6.61 Å². The van der Waals surface area contributed by atoms with E-state index in [-0.39, 0.29) is 16.4 Å². The van der Waals surface area contributed by atoms with E-state index in [0.717, 1.165) is 12.0 Å². The van der Waals surface area contributed by atoms with Gasteiger partial charge in [-0.3, -0.25) is 35.9 Å². The number of nitro groups is 1. The van der Waals surface area contributed by atoms with Crippen molar-refractivity contribution in [1.82, 2.24) is 16.2 Å². The van der Waals surface area contributed by atoms with Crippen molar-refractivity contribution in [2.45, 2.75) is 6.42 Å². The van der Waals surface area contributed by atoms with Crippen LogP contribution in [0.4, 0.5) is 5.69 Å². The molecule has 0 aliphatic rings. The number of nitro benzene ring substituents is 1. The second-order valence-corrected chi connectivity index (χ2v) is 8.13. The second-order valence-electron chi connectivity index (χ2n) is 6.87. The zero-order valence-electron chi connectivity index (χ0n) is 17.6. The van der Waals surface area contributed by atoms with Crippen LogP contribution in [0.3, 0.4) is 0 Å². The number of carbonyl (C=O) groups excluding carboxylic acids is 2. The second kappa shape index (κ2) is 11.9. The largest absolute Gasteiger partial charge is 0.492 e. The first-order valence-electron chi connectivity index (χ1n) is 9.96. The maximum atomic E-state index is 12.5. The topological polar surface area (TPSA) is 123 Å². The van der Waals surface area contributed by atoms with Gasteiger partial charge in [0.1, 0.15) is 11.3 Å². The van der Waals surface area contributed by atoms with Crippen molar-refractivity contribution in [3.8, 4) is 5.75 Å². The lowest BCUT2D eigenvalue weighted by Crippen LogP contribution is -2.48. The van der Waals surface area contributed by atoms with Gasteiger partial charge in [-0.2, -0.15) is 0 Å². The van der Waals surface area contributed by atoms with E-state index in [2.05, 4.69) is 32.1 Å². The van der Waals surface area contributed by atoms with Crippen molar-refractivity contribution in [3.63, 3.8) is 0 Å². The lowest BCUT2D eigenvalue weighted by Gasteiger charge is -2.12. The SMILES string of the molecule is O=C(NC(=S)NNC(=O)c1ccccc1[N+](=O)[O-])c1ccc(OCCc2ccccc2)c(Br)c1. The highest BCUT2D eigenvalue weighted by Gasteiger charge is 2.19. The number of amides is 2. The molecule has 0 heterocycles. The molecule has 0 saturated carbocycles. The van der Waals surface area contributed by atoms with E-state index in [1.165, 1.54) is 24.3 Å². The highest BCUT2D eigenvalue weighted by atomic mass is 79.9. The fourth-order valence-corrected chi connectivity index (χ4v) is 3.53. The van der Waals surface area contributed by atoms with Crippen LogP contribution in [0.2, 0.25) is 0 Å². The Kier molecular flexibility index (Phi) is 8.66. The van der Waals surface area contributed by atoms with Gasteiger partial charge in [0.05, 0.1) is 16.0 Å². The Morgan fingerprint density at radius 3 is 2.38 bits per heavy atom. The third-order valence-corrected chi connectivity index (χ3v) is 5.37. The summed E-state index contributed by atoms with van der Waals surface area (Å²) in [6.45, 7) is 0.474. The van der Waals surface area contributed by atoms with Crippen LogP contribution in [0.1, 0.15) is 26.3 Å². The number of benzene rings is 3. The molecule has 0 saturated heterocycles. The van der Waals surface area contributed by atoms with E-state index in [1.807, 2.05) is 30.3 Å². The summed E-state index contributed by atoms with van der Waals surface area (Å²) in [7, 11) is 0. The van der Waals surface area contributed by atoms with E-state index in [9.17, 15) is 19.7 Å². The average molecular weight is 543 g/mol. The summed E-state index contributed by atoms with van der Waals surface area (Å²) >= 11 is 8.41. The van der Waals surface area contributed by atoms with Crippen LogP contribution < -0.4 is 20.9 Å². The lowest BCUT2D eigenvalue weighted by molar-refractivity contribution is -0.385. The molecule has 0 spiro atoms. The maximum absolute atomic E-state index is 12.5. The molecule has 0 fully saturated rings. The number of nitrogens with zero attached hydrogens (tertiary/aromatic N) is 1. The fourth-order valence-electron chi connectivity index (χ4n) is 2.89. The molecule has 34 heavy (non-hydrogen) atoms. The van der Waals surface area contributed by atoms with Gasteiger partial charge in [-0.15, -0.1) is 0 Å². The van der Waals surface area contributed by atoms with Gasteiger partial charge < -0.3 is 4.74 Å². The summed E-state index contributed by atoms with van der Waals surface area (Å²) in [6.07, 6.45) is 0.743. The quantitative estimate of drug-likeness (QED) is 0.235. The van der Waals surface area contributed by atoms with Crippen LogP contribution in [-0.2, 0) is 6.42 Å². The number of para-hydroxylation sites is 1. The number of hydrogen-bond acceptors (Lipinski definition) is 6. The van der Waals surface area contributed by atoms with Crippen LogP contribution in [-0.4, -0.2) is 28.5 Å². The van der Waals surface area contributed by atoms with Gasteiger partial charge in [-0.1, -0.05) is 42.5 Å². The molecule has 0 bridgehead atoms. The van der Waals surface area contributed by atoms with Gasteiger partial charge in [0, 0.05) is 18.1 Å². The zero-order valence-corrected chi connectivity index (χ0v) is 20.0. The van der Waals surface area contributed by atoms with Crippen molar-refractivity contribution < 1.29 is 19.2 Å². The van der Waals surface area contributed by atoms with Crippen molar-refractivity contribution in [2.24, 2.45) is 0 Å². The molecule has 174 valence electrons. The Hall–Kier alpha value is -3.83. The highest BCUT2D eigenvalue weighted by Crippen LogP contribution is 2.26.